The number of piperidine rings is 1. The Kier molecular flexibility index (Phi) is 8.32. The molecule has 2 aromatic heterocycles. The molecule has 10 nitrogen and oxygen atoms in total. The number of alkyl halides is 3. The fraction of sp³-hybridized carbons (Fsp3) is 0.375. The van der Waals surface area contributed by atoms with Gasteiger partial charge in [0, 0.05) is 42.5 Å². The van der Waals surface area contributed by atoms with Gasteiger partial charge in [-0.25, -0.2) is 4.68 Å². The van der Waals surface area contributed by atoms with Gasteiger partial charge in [0.2, 0.25) is 17.9 Å². The molecule has 2 aliphatic rings. The van der Waals surface area contributed by atoms with Crippen molar-refractivity contribution in [3.8, 4) is 22.7 Å². The van der Waals surface area contributed by atoms with E-state index in [0.717, 1.165) is 11.1 Å². The molecule has 2 aromatic carbocycles. The minimum Gasteiger partial charge on any atom is -0.480 e. The van der Waals surface area contributed by atoms with Crippen LogP contribution >= 0.6 is 11.6 Å². The molecule has 2 unspecified atom stereocenters. The summed E-state index contributed by atoms with van der Waals surface area (Å²) in [5.41, 5.74) is 8.78. The third-order valence-electron chi connectivity index (χ3n) is 8.82. The number of carbonyl (C=O) groups is 1. The summed E-state index contributed by atoms with van der Waals surface area (Å²) in [6, 6.07) is 12.5. The molecule has 0 aliphatic carbocycles. The smallest absolute Gasteiger partial charge is 0.429 e. The molecule has 2 saturated heterocycles. The normalized spacial score (nSPS) is 18.6. The lowest BCUT2D eigenvalue weighted by Gasteiger charge is -2.39. The van der Waals surface area contributed by atoms with E-state index in [1.54, 1.807) is 37.4 Å². The monoisotopic (exact) mass is 655 g/mol. The predicted octanol–water partition coefficient (Wildman–Crippen LogP) is 5.90. The number of hydrogen-bond acceptors (Lipinski definition) is 8. The summed E-state index contributed by atoms with van der Waals surface area (Å²) in [4.78, 5) is 21.6. The molecule has 0 saturated carbocycles. The zero-order chi connectivity index (χ0) is 32.8. The third kappa shape index (κ3) is 6.47. The van der Waals surface area contributed by atoms with Gasteiger partial charge in [-0.15, -0.1) is 0 Å². The van der Waals surface area contributed by atoms with Crippen LogP contribution in [0.3, 0.4) is 0 Å². The molecule has 1 spiro atoms. The van der Waals surface area contributed by atoms with Crippen LogP contribution in [0.2, 0.25) is 5.02 Å². The number of halogens is 4. The number of ether oxygens (including phenoxy) is 1. The highest BCUT2D eigenvalue weighted by Crippen LogP contribution is 2.43. The number of carboxylic acids is 1. The largest absolute Gasteiger partial charge is 0.480 e. The van der Waals surface area contributed by atoms with Crippen molar-refractivity contribution in [3.05, 3.63) is 76.6 Å². The van der Waals surface area contributed by atoms with Crippen molar-refractivity contribution in [1.82, 2.24) is 25.1 Å². The number of aliphatic carboxylic acids is 1. The molecule has 4 N–H and O–H groups in total. The Morgan fingerprint density at radius 2 is 1.83 bits per heavy atom. The van der Waals surface area contributed by atoms with Crippen LogP contribution in [0, 0.1) is 19.3 Å². The maximum absolute atomic E-state index is 14.8. The summed E-state index contributed by atoms with van der Waals surface area (Å²) in [7, 11) is 0. The molecule has 0 amide bonds. The summed E-state index contributed by atoms with van der Waals surface area (Å²) in [6.45, 7) is 5.26. The number of aryl methyl sites for hydroxylation is 2. The molecule has 2 atom stereocenters. The molecule has 0 radical (unpaired) electrons. The Morgan fingerprint density at radius 3 is 2.46 bits per heavy atom. The summed E-state index contributed by atoms with van der Waals surface area (Å²) >= 11 is 6.21. The molecule has 4 heterocycles. The topological polar surface area (TPSA) is 131 Å². The number of nitrogens with one attached hydrogen (secondary N) is 1. The molecule has 6 rings (SSSR count). The first-order chi connectivity index (χ1) is 21.8. The molecule has 242 valence electrons. The number of anilines is 2. The van der Waals surface area contributed by atoms with Gasteiger partial charge in [0.05, 0.1) is 11.4 Å². The second kappa shape index (κ2) is 12.1. The minimum absolute atomic E-state index is 0.156. The summed E-state index contributed by atoms with van der Waals surface area (Å²) in [5.74, 6) is -1.07. The highest BCUT2D eigenvalue weighted by molar-refractivity contribution is 6.31. The molecule has 46 heavy (non-hydrogen) atoms. The first-order valence-electron chi connectivity index (χ1n) is 14.8. The molecule has 2 aliphatic heterocycles. The van der Waals surface area contributed by atoms with Crippen LogP contribution < -0.4 is 20.7 Å². The van der Waals surface area contributed by atoms with Crippen molar-refractivity contribution in [3.63, 3.8) is 0 Å². The van der Waals surface area contributed by atoms with Crippen molar-refractivity contribution in [2.45, 2.75) is 51.4 Å². The summed E-state index contributed by atoms with van der Waals surface area (Å²) < 4.78 is 51.5. The molecule has 2 fully saturated rings. The van der Waals surface area contributed by atoms with E-state index in [-0.39, 0.29) is 28.5 Å². The summed E-state index contributed by atoms with van der Waals surface area (Å²) in [5, 5.41) is 17.4. The maximum atomic E-state index is 14.8. The van der Waals surface area contributed by atoms with Gasteiger partial charge in [-0.2, -0.15) is 28.2 Å². The third-order valence-corrected chi connectivity index (χ3v) is 9.25. The van der Waals surface area contributed by atoms with E-state index >= 15 is 0 Å². The quantitative estimate of drug-likeness (QED) is 0.223. The number of rotatable bonds is 7. The van der Waals surface area contributed by atoms with E-state index in [2.05, 4.69) is 20.4 Å². The van der Waals surface area contributed by atoms with Gasteiger partial charge in [0.25, 0.3) is 0 Å². The number of nitrogens with two attached hydrogens (primary N) is 1. The van der Waals surface area contributed by atoms with Crippen LogP contribution in [0.1, 0.15) is 42.2 Å². The lowest BCUT2D eigenvalue weighted by molar-refractivity contribution is -0.198. The Bertz CT molecular complexity index is 1770. The molecular weight excluding hydrogens is 623 g/mol. The number of hydrogen-bond donors (Lipinski definition) is 3. The Labute approximate surface area is 268 Å². The van der Waals surface area contributed by atoms with E-state index in [1.807, 2.05) is 24.0 Å². The van der Waals surface area contributed by atoms with Gasteiger partial charge in [0.15, 0.2) is 0 Å². The van der Waals surface area contributed by atoms with Crippen LogP contribution in [-0.2, 0) is 4.79 Å². The Balaban J connectivity index is 1.31. The SMILES string of the molecule is Cc1ccn(-c2cc(-c3ccc(Cl)c(C)c3)ccc2C(Oc2cc(N3CCC4(CC3)CNC(C(=O)O)C4)nc(N)n2)C(F)(F)F)n1. The van der Waals surface area contributed by atoms with Gasteiger partial charge in [-0.1, -0.05) is 29.8 Å². The van der Waals surface area contributed by atoms with Gasteiger partial charge >= 0.3 is 12.1 Å². The average molecular weight is 656 g/mol. The lowest BCUT2D eigenvalue weighted by atomic mass is 9.76. The highest BCUT2D eigenvalue weighted by Gasteiger charge is 2.46. The van der Waals surface area contributed by atoms with E-state index in [9.17, 15) is 23.1 Å². The first-order valence-corrected chi connectivity index (χ1v) is 15.2. The van der Waals surface area contributed by atoms with Crippen molar-refractivity contribution >= 4 is 29.3 Å². The maximum Gasteiger partial charge on any atom is 0.429 e. The van der Waals surface area contributed by atoms with Gasteiger partial charge in [-0.3, -0.25) is 4.79 Å². The number of nitrogens with zero attached hydrogens (tertiary/aromatic N) is 5. The van der Waals surface area contributed by atoms with Crippen LogP contribution in [0.15, 0.2) is 54.7 Å². The molecule has 14 heteroatoms. The van der Waals surface area contributed by atoms with Crippen LogP contribution in [0.4, 0.5) is 24.9 Å². The fourth-order valence-electron chi connectivity index (χ4n) is 6.28. The standard InChI is InChI=1S/C32H33ClF3N7O3/c1-18-13-20(4-6-23(18)33)21-3-5-22(25(14-21)43-10-7-19(2)41-43)28(32(34,35)36)46-27-15-26(39-30(37)40-27)42-11-8-31(9-12-42)16-24(29(44)45)38-17-31/h3-7,10,13-15,24,28,38H,8-9,11-12,16-17H2,1-2H3,(H,44,45)(H2,37,39,40). The fourth-order valence-corrected chi connectivity index (χ4v) is 6.40. The van der Waals surface area contributed by atoms with Crippen molar-refractivity contribution in [2.24, 2.45) is 5.41 Å². The van der Waals surface area contributed by atoms with Gasteiger partial charge in [-0.05, 0) is 79.5 Å². The van der Waals surface area contributed by atoms with E-state index in [1.165, 1.54) is 16.8 Å². The number of benzene rings is 2. The molecule has 0 bridgehead atoms. The second-order valence-electron chi connectivity index (χ2n) is 12.1. The Hall–Kier alpha value is -4.36. The van der Waals surface area contributed by atoms with E-state index < -0.39 is 24.3 Å². The molecular formula is C32H33ClF3N7O3. The van der Waals surface area contributed by atoms with Crippen molar-refractivity contribution in [2.75, 3.05) is 30.3 Å². The van der Waals surface area contributed by atoms with Crippen LogP contribution in [0.5, 0.6) is 5.88 Å². The average Bonchev–Trinajstić information content (AvgIpc) is 3.63. The Morgan fingerprint density at radius 1 is 1.11 bits per heavy atom. The zero-order valence-corrected chi connectivity index (χ0v) is 25.9. The van der Waals surface area contributed by atoms with Gasteiger partial charge < -0.3 is 25.8 Å². The van der Waals surface area contributed by atoms with Gasteiger partial charge in [0.1, 0.15) is 11.9 Å². The van der Waals surface area contributed by atoms with Crippen molar-refractivity contribution < 1.29 is 27.8 Å². The zero-order valence-electron chi connectivity index (χ0n) is 25.2. The van der Waals surface area contributed by atoms with E-state index in [4.69, 9.17) is 22.1 Å². The minimum atomic E-state index is -4.83. The van der Waals surface area contributed by atoms with E-state index in [0.29, 0.717) is 61.0 Å². The lowest BCUT2D eigenvalue weighted by Crippen LogP contribution is -2.41. The first kappa shape index (κ1) is 31.6. The highest BCUT2D eigenvalue weighted by atomic mass is 35.5. The van der Waals surface area contributed by atoms with Crippen molar-refractivity contribution in [1.29, 1.82) is 0 Å². The molecule has 4 aromatic rings. The summed E-state index contributed by atoms with van der Waals surface area (Å²) in [6.07, 6.45) is -3.72. The number of nitrogen functional groups attached to an aromatic ring is 1. The second-order valence-corrected chi connectivity index (χ2v) is 12.5. The predicted molar refractivity (Wildman–Crippen MR) is 167 cm³/mol. The van der Waals surface area contributed by atoms with Crippen LogP contribution in [0.25, 0.3) is 16.8 Å². The van der Waals surface area contributed by atoms with Crippen LogP contribution in [-0.4, -0.2) is 62.7 Å². The number of aromatic nitrogens is 4. The number of carboxylic acid groups (broad SMARTS) is 1.